The van der Waals surface area contributed by atoms with Gasteiger partial charge in [-0.25, -0.2) is 9.97 Å². The van der Waals surface area contributed by atoms with Gasteiger partial charge in [0.2, 0.25) is 17.7 Å². The molecule has 0 unspecified atom stereocenters. The molecule has 2 fully saturated rings. The summed E-state index contributed by atoms with van der Waals surface area (Å²) in [4.78, 5) is 47.1. The lowest BCUT2D eigenvalue weighted by Gasteiger charge is -2.19. The lowest BCUT2D eigenvalue weighted by molar-refractivity contribution is -0.140. The number of fused-ring (bicyclic) bond motifs is 1. The molecule has 1 saturated carbocycles. The van der Waals surface area contributed by atoms with Crippen LogP contribution in [0.5, 0.6) is 0 Å². The molecule has 29 heavy (non-hydrogen) atoms. The second-order valence-electron chi connectivity index (χ2n) is 7.72. The highest BCUT2D eigenvalue weighted by Gasteiger charge is 2.47. The molecule has 2 aromatic heterocycles. The first kappa shape index (κ1) is 19.3. The monoisotopic (exact) mass is 395 g/mol. The molecular formula is C21H25N5O3. The van der Waals surface area contributed by atoms with Gasteiger partial charge in [0.15, 0.2) is 0 Å². The first-order chi connectivity index (χ1) is 14.0. The average Bonchev–Trinajstić information content (AvgIpc) is 3.27. The smallest absolute Gasteiger partial charge is 0.233 e. The molecule has 1 aliphatic heterocycles. The Labute approximate surface area is 169 Å². The summed E-state index contributed by atoms with van der Waals surface area (Å²) in [5, 5.41) is 2.86. The van der Waals surface area contributed by atoms with E-state index in [-0.39, 0.29) is 42.5 Å². The summed E-state index contributed by atoms with van der Waals surface area (Å²) in [6, 6.07) is 3.74. The Morgan fingerprint density at radius 2 is 1.86 bits per heavy atom. The summed E-state index contributed by atoms with van der Waals surface area (Å²) in [7, 11) is 0. The van der Waals surface area contributed by atoms with Gasteiger partial charge in [-0.15, -0.1) is 0 Å². The van der Waals surface area contributed by atoms with E-state index < -0.39 is 0 Å². The number of carbonyl (C=O) groups is 3. The summed E-state index contributed by atoms with van der Waals surface area (Å²) >= 11 is 0. The Hall–Kier alpha value is -3.03. The quantitative estimate of drug-likeness (QED) is 0.752. The second kappa shape index (κ2) is 8.14. The molecule has 3 heterocycles. The third-order valence-corrected chi connectivity index (χ3v) is 5.87. The summed E-state index contributed by atoms with van der Waals surface area (Å²) in [5.41, 5.74) is 0.913. The van der Waals surface area contributed by atoms with Crippen molar-refractivity contribution in [1.29, 1.82) is 0 Å². The van der Waals surface area contributed by atoms with Gasteiger partial charge in [-0.05, 0) is 37.5 Å². The van der Waals surface area contributed by atoms with E-state index in [1.807, 2.05) is 29.8 Å². The van der Waals surface area contributed by atoms with Gasteiger partial charge >= 0.3 is 0 Å². The zero-order chi connectivity index (χ0) is 20.4. The van der Waals surface area contributed by atoms with Gasteiger partial charge in [-0.3, -0.25) is 23.9 Å². The maximum Gasteiger partial charge on any atom is 0.233 e. The van der Waals surface area contributed by atoms with Crippen molar-refractivity contribution in [3.63, 3.8) is 0 Å². The molecule has 4 rings (SSSR count). The molecule has 1 aliphatic carbocycles. The van der Waals surface area contributed by atoms with Crippen molar-refractivity contribution in [2.24, 2.45) is 11.8 Å². The number of likely N-dealkylation sites (tertiary alicyclic amines) is 1. The van der Waals surface area contributed by atoms with Crippen LogP contribution in [0.1, 0.15) is 43.5 Å². The maximum atomic E-state index is 12.5. The fourth-order valence-electron chi connectivity index (χ4n) is 4.28. The van der Waals surface area contributed by atoms with Crippen molar-refractivity contribution in [3.8, 4) is 5.82 Å². The van der Waals surface area contributed by atoms with Crippen LogP contribution in [0, 0.1) is 18.8 Å². The number of imidazole rings is 1. The van der Waals surface area contributed by atoms with Gasteiger partial charge in [-0.2, -0.15) is 0 Å². The fraction of sp³-hybridized carbons (Fsp3) is 0.476. The number of hydrogen-bond acceptors (Lipinski definition) is 5. The third-order valence-electron chi connectivity index (χ3n) is 5.87. The van der Waals surface area contributed by atoms with Crippen molar-refractivity contribution in [3.05, 3.63) is 42.1 Å². The predicted octanol–water partition coefficient (Wildman–Crippen LogP) is 1.76. The minimum atomic E-state index is -0.183. The van der Waals surface area contributed by atoms with E-state index in [1.54, 1.807) is 12.4 Å². The van der Waals surface area contributed by atoms with Crippen LogP contribution in [0.3, 0.4) is 0 Å². The van der Waals surface area contributed by atoms with Crippen LogP contribution in [0.4, 0.5) is 0 Å². The Morgan fingerprint density at radius 3 is 2.52 bits per heavy atom. The third kappa shape index (κ3) is 3.92. The molecule has 0 aromatic carbocycles. The molecule has 0 bridgehead atoms. The highest BCUT2D eigenvalue weighted by molar-refractivity contribution is 6.05. The van der Waals surface area contributed by atoms with Crippen molar-refractivity contribution < 1.29 is 14.4 Å². The van der Waals surface area contributed by atoms with Crippen molar-refractivity contribution in [2.45, 2.75) is 45.6 Å². The van der Waals surface area contributed by atoms with E-state index in [9.17, 15) is 14.4 Å². The SMILES string of the molecule is Cc1nccn1-c1cc(CNC(=O)CCN2C(=O)[C@H]3CCCC[C@@H]3C2=O)ccn1. The topological polar surface area (TPSA) is 97.2 Å². The average molecular weight is 395 g/mol. The first-order valence-corrected chi connectivity index (χ1v) is 10.1. The number of nitrogens with zero attached hydrogens (tertiary/aromatic N) is 4. The molecule has 3 amide bonds. The number of carbonyl (C=O) groups excluding carboxylic acids is 3. The summed E-state index contributed by atoms with van der Waals surface area (Å²) in [6.07, 6.45) is 8.94. The van der Waals surface area contributed by atoms with E-state index in [2.05, 4.69) is 15.3 Å². The van der Waals surface area contributed by atoms with Gasteiger partial charge in [0.1, 0.15) is 11.6 Å². The standard InChI is InChI=1S/C21H25N5O3/c1-14-22-9-11-25(14)18-12-15(6-8-23-18)13-24-19(27)7-10-26-20(28)16-4-2-3-5-17(16)21(26)29/h6,8-9,11-12,16-17H,2-5,7,10,13H2,1H3,(H,24,27)/t16-,17-/m0/s1. The van der Waals surface area contributed by atoms with Crippen LogP contribution in [0.2, 0.25) is 0 Å². The Bertz CT molecular complexity index is 914. The zero-order valence-corrected chi connectivity index (χ0v) is 16.5. The maximum absolute atomic E-state index is 12.5. The van der Waals surface area contributed by atoms with Gasteiger partial charge in [0.05, 0.1) is 11.8 Å². The fourth-order valence-corrected chi connectivity index (χ4v) is 4.28. The van der Waals surface area contributed by atoms with Crippen molar-refractivity contribution in [1.82, 2.24) is 24.8 Å². The van der Waals surface area contributed by atoms with Crippen molar-refractivity contribution >= 4 is 17.7 Å². The molecule has 2 atom stereocenters. The van der Waals surface area contributed by atoms with E-state index >= 15 is 0 Å². The van der Waals surface area contributed by atoms with E-state index in [0.717, 1.165) is 42.9 Å². The highest BCUT2D eigenvalue weighted by Crippen LogP contribution is 2.37. The molecule has 0 radical (unpaired) electrons. The van der Waals surface area contributed by atoms with Crippen LogP contribution >= 0.6 is 0 Å². The number of pyridine rings is 1. The van der Waals surface area contributed by atoms with Gasteiger partial charge in [0, 0.05) is 38.1 Å². The molecular weight excluding hydrogens is 370 g/mol. The van der Waals surface area contributed by atoms with Gasteiger partial charge in [0.25, 0.3) is 0 Å². The van der Waals surface area contributed by atoms with E-state index in [1.165, 1.54) is 4.90 Å². The number of rotatable bonds is 6. The number of aryl methyl sites for hydroxylation is 1. The van der Waals surface area contributed by atoms with Crippen molar-refractivity contribution in [2.75, 3.05) is 6.54 Å². The van der Waals surface area contributed by atoms with Crippen LogP contribution in [0.25, 0.3) is 5.82 Å². The molecule has 1 N–H and O–H groups in total. The molecule has 8 nitrogen and oxygen atoms in total. The van der Waals surface area contributed by atoms with Gasteiger partial charge < -0.3 is 5.32 Å². The predicted molar refractivity (Wildman–Crippen MR) is 105 cm³/mol. The Balaban J connectivity index is 1.30. The minimum Gasteiger partial charge on any atom is -0.352 e. The molecule has 2 aromatic rings. The molecule has 152 valence electrons. The molecule has 1 saturated heterocycles. The van der Waals surface area contributed by atoms with Gasteiger partial charge in [-0.1, -0.05) is 12.8 Å². The first-order valence-electron chi connectivity index (χ1n) is 10.1. The van der Waals surface area contributed by atoms with Crippen LogP contribution < -0.4 is 5.32 Å². The highest BCUT2D eigenvalue weighted by atomic mass is 16.2. The second-order valence-corrected chi connectivity index (χ2v) is 7.72. The number of imide groups is 1. The molecule has 0 spiro atoms. The lowest BCUT2D eigenvalue weighted by atomic mass is 9.81. The van der Waals surface area contributed by atoms with Crippen LogP contribution in [0.15, 0.2) is 30.7 Å². The Morgan fingerprint density at radius 1 is 1.14 bits per heavy atom. The summed E-state index contributed by atoms with van der Waals surface area (Å²) in [5.74, 6) is 0.866. The van der Waals surface area contributed by atoms with Crippen LogP contribution in [-0.4, -0.2) is 43.7 Å². The minimum absolute atomic E-state index is 0.0954. The largest absolute Gasteiger partial charge is 0.352 e. The molecule has 8 heteroatoms. The van der Waals surface area contributed by atoms with Crippen LogP contribution in [-0.2, 0) is 20.9 Å². The van der Waals surface area contributed by atoms with E-state index in [4.69, 9.17) is 0 Å². The number of aromatic nitrogens is 3. The number of amides is 3. The Kier molecular flexibility index (Phi) is 5.42. The summed E-state index contributed by atoms with van der Waals surface area (Å²) in [6.45, 7) is 2.41. The summed E-state index contributed by atoms with van der Waals surface area (Å²) < 4.78 is 1.87. The van der Waals surface area contributed by atoms with E-state index in [0.29, 0.717) is 6.54 Å². The zero-order valence-electron chi connectivity index (χ0n) is 16.5. The number of hydrogen-bond donors (Lipinski definition) is 1. The normalized spacial score (nSPS) is 21.3. The lowest BCUT2D eigenvalue weighted by Crippen LogP contribution is -2.35. The molecule has 2 aliphatic rings. The number of nitrogens with one attached hydrogen (secondary N) is 1.